The minimum atomic E-state index is -0.985. The fourth-order valence-corrected chi connectivity index (χ4v) is 2.08. The molecule has 0 N–H and O–H groups in total. The maximum atomic E-state index is 11.9. The first kappa shape index (κ1) is 11.5. The van der Waals surface area contributed by atoms with Gasteiger partial charge in [0.1, 0.15) is 0 Å². The van der Waals surface area contributed by atoms with E-state index >= 15 is 0 Å². The van der Waals surface area contributed by atoms with Crippen molar-refractivity contribution in [3.8, 4) is 0 Å². The molecular formula is C13H9N3O3. The summed E-state index contributed by atoms with van der Waals surface area (Å²) >= 11 is 0. The van der Waals surface area contributed by atoms with E-state index in [0.29, 0.717) is 5.82 Å². The molecule has 0 radical (unpaired) electrons. The van der Waals surface area contributed by atoms with Crippen LogP contribution in [0.5, 0.6) is 0 Å². The standard InChI is InChI=1S/C13H9N3O3/c17-10-5-6-16(13(19)11(10)18)12-9-4-2-1-3-8(9)7-14-15-12/h1-4,7H,5-6H2. The second kappa shape index (κ2) is 4.24. The van der Waals surface area contributed by atoms with Crippen molar-refractivity contribution in [3.63, 3.8) is 0 Å². The van der Waals surface area contributed by atoms with Crippen molar-refractivity contribution in [3.05, 3.63) is 30.5 Å². The summed E-state index contributed by atoms with van der Waals surface area (Å²) in [7, 11) is 0. The van der Waals surface area contributed by atoms with Crippen LogP contribution in [0.3, 0.4) is 0 Å². The molecule has 1 aromatic heterocycles. The van der Waals surface area contributed by atoms with Crippen molar-refractivity contribution >= 4 is 34.1 Å². The summed E-state index contributed by atoms with van der Waals surface area (Å²) in [6, 6.07) is 7.30. The summed E-state index contributed by atoms with van der Waals surface area (Å²) in [6.07, 6.45) is 1.61. The quantitative estimate of drug-likeness (QED) is 0.693. The van der Waals surface area contributed by atoms with E-state index in [2.05, 4.69) is 10.2 Å². The minimum Gasteiger partial charge on any atom is -0.290 e. The highest BCUT2D eigenvalue weighted by molar-refractivity contribution is 6.66. The van der Waals surface area contributed by atoms with Crippen LogP contribution in [0, 0.1) is 0 Å². The largest absolute Gasteiger partial charge is 0.303 e. The molecule has 0 aliphatic carbocycles. The molecule has 6 nitrogen and oxygen atoms in total. The Kier molecular flexibility index (Phi) is 2.56. The highest BCUT2D eigenvalue weighted by atomic mass is 16.2. The predicted octanol–water partition coefficient (Wildman–Crippen LogP) is 0.505. The third-order valence-electron chi connectivity index (χ3n) is 3.06. The van der Waals surface area contributed by atoms with E-state index in [9.17, 15) is 14.4 Å². The molecule has 1 aromatic carbocycles. The molecule has 1 fully saturated rings. The molecule has 3 rings (SSSR count). The molecule has 1 saturated heterocycles. The van der Waals surface area contributed by atoms with E-state index in [1.165, 1.54) is 4.90 Å². The lowest BCUT2D eigenvalue weighted by Crippen LogP contribution is -2.47. The SMILES string of the molecule is O=C1CCN(c2nncc3ccccc23)C(=O)C1=O. The van der Waals surface area contributed by atoms with Gasteiger partial charge in [-0.15, -0.1) is 5.10 Å². The number of piperidine rings is 1. The molecule has 0 saturated carbocycles. The number of aromatic nitrogens is 2. The van der Waals surface area contributed by atoms with Gasteiger partial charge in [-0.3, -0.25) is 19.3 Å². The highest BCUT2D eigenvalue weighted by Gasteiger charge is 2.35. The number of rotatable bonds is 1. The number of Topliss-reactive ketones (excluding diaryl/α,β-unsaturated/α-hetero) is 2. The van der Waals surface area contributed by atoms with Gasteiger partial charge in [-0.1, -0.05) is 24.3 Å². The van der Waals surface area contributed by atoms with Crippen molar-refractivity contribution in [2.24, 2.45) is 0 Å². The van der Waals surface area contributed by atoms with Gasteiger partial charge in [0.15, 0.2) is 5.82 Å². The molecule has 1 amide bonds. The Labute approximate surface area is 108 Å². The van der Waals surface area contributed by atoms with Crippen LogP contribution < -0.4 is 4.90 Å². The van der Waals surface area contributed by atoms with Gasteiger partial charge in [-0.2, -0.15) is 5.10 Å². The van der Waals surface area contributed by atoms with Crippen LogP contribution in [0.15, 0.2) is 30.5 Å². The van der Waals surface area contributed by atoms with Crippen LogP contribution in [-0.2, 0) is 14.4 Å². The van der Waals surface area contributed by atoms with E-state index in [-0.39, 0.29) is 13.0 Å². The number of fused-ring (bicyclic) bond motifs is 1. The molecule has 0 unspecified atom stereocenters. The fourth-order valence-electron chi connectivity index (χ4n) is 2.08. The Morgan fingerprint density at radius 1 is 1.11 bits per heavy atom. The van der Waals surface area contributed by atoms with Crippen molar-refractivity contribution in [2.45, 2.75) is 6.42 Å². The first-order valence-electron chi connectivity index (χ1n) is 5.78. The third-order valence-corrected chi connectivity index (χ3v) is 3.06. The van der Waals surface area contributed by atoms with E-state index < -0.39 is 17.5 Å². The zero-order valence-corrected chi connectivity index (χ0v) is 9.87. The van der Waals surface area contributed by atoms with Gasteiger partial charge in [0.25, 0.3) is 5.78 Å². The lowest BCUT2D eigenvalue weighted by molar-refractivity contribution is -0.145. The van der Waals surface area contributed by atoms with Gasteiger partial charge < -0.3 is 0 Å². The molecule has 94 valence electrons. The van der Waals surface area contributed by atoms with Gasteiger partial charge in [-0.25, -0.2) is 0 Å². The molecule has 6 heteroatoms. The Bertz CT molecular complexity index is 706. The Hall–Kier alpha value is -2.63. The van der Waals surface area contributed by atoms with Crippen LogP contribution in [0.4, 0.5) is 5.82 Å². The van der Waals surface area contributed by atoms with Gasteiger partial charge in [0.2, 0.25) is 5.78 Å². The molecule has 0 bridgehead atoms. The maximum Gasteiger partial charge on any atom is 0.303 e. The number of hydrogen-bond donors (Lipinski definition) is 0. The second-order valence-corrected chi connectivity index (χ2v) is 4.21. The number of amides is 1. The summed E-state index contributed by atoms with van der Waals surface area (Å²) in [6.45, 7) is 0.159. The predicted molar refractivity (Wildman–Crippen MR) is 66.5 cm³/mol. The van der Waals surface area contributed by atoms with Crippen LogP contribution in [-0.4, -0.2) is 34.2 Å². The van der Waals surface area contributed by atoms with Crippen molar-refractivity contribution < 1.29 is 14.4 Å². The fraction of sp³-hybridized carbons (Fsp3) is 0.154. The monoisotopic (exact) mass is 255 g/mol. The molecule has 0 spiro atoms. The van der Waals surface area contributed by atoms with E-state index in [0.717, 1.165) is 10.8 Å². The van der Waals surface area contributed by atoms with E-state index in [4.69, 9.17) is 0 Å². The summed E-state index contributed by atoms with van der Waals surface area (Å²) in [5, 5.41) is 9.31. The summed E-state index contributed by atoms with van der Waals surface area (Å²) in [4.78, 5) is 35.8. The van der Waals surface area contributed by atoms with Crippen LogP contribution in [0.2, 0.25) is 0 Å². The first-order chi connectivity index (χ1) is 9.18. The van der Waals surface area contributed by atoms with E-state index in [1.807, 2.05) is 18.2 Å². The number of carbonyl (C=O) groups is 3. The van der Waals surface area contributed by atoms with Gasteiger partial charge >= 0.3 is 5.91 Å². The number of carbonyl (C=O) groups excluding carboxylic acids is 3. The van der Waals surface area contributed by atoms with Gasteiger partial charge in [-0.05, 0) is 0 Å². The Morgan fingerprint density at radius 3 is 2.74 bits per heavy atom. The van der Waals surface area contributed by atoms with Crippen LogP contribution in [0.25, 0.3) is 10.8 Å². The van der Waals surface area contributed by atoms with Crippen LogP contribution >= 0.6 is 0 Å². The number of hydrogen-bond acceptors (Lipinski definition) is 5. The van der Waals surface area contributed by atoms with Crippen molar-refractivity contribution in [1.29, 1.82) is 0 Å². The van der Waals surface area contributed by atoms with Crippen molar-refractivity contribution in [2.75, 3.05) is 11.4 Å². The van der Waals surface area contributed by atoms with Crippen molar-refractivity contribution in [1.82, 2.24) is 10.2 Å². The molecule has 1 aliphatic rings. The Morgan fingerprint density at radius 2 is 1.89 bits per heavy atom. The normalized spacial score (nSPS) is 16.2. The molecule has 1 aliphatic heterocycles. The lowest BCUT2D eigenvalue weighted by atomic mass is 10.1. The van der Waals surface area contributed by atoms with Crippen LogP contribution in [0.1, 0.15) is 6.42 Å². The first-order valence-corrected chi connectivity index (χ1v) is 5.78. The lowest BCUT2D eigenvalue weighted by Gasteiger charge is -2.24. The maximum absolute atomic E-state index is 11.9. The average Bonchev–Trinajstić information content (AvgIpc) is 2.45. The smallest absolute Gasteiger partial charge is 0.290 e. The molecule has 19 heavy (non-hydrogen) atoms. The average molecular weight is 255 g/mol. The third kappa shape index (κ3) is 1.77. The zero-order valence-electron chi connectivity index (χ0n) is 9.87. The number of nitrogens with zero attached hydrogens (tertiary/aromatic N) is 3. The number of anilines is 1. The molecular weight excluding hydrogens is 246 g/mol. The summed E-state index contributed by atoms with van der Waals surface area (Å²) in [5.74, 6) is -2.14. The summed E-state index contributed by atoms with van der Waals surface area (Å²) in [5.41, 5.74) is 0. The number of ketones is 2. The molecule has 0 atom stereocenters. The number of benzene rings is 1. The molecule has 2 heterocycles. The Balaban J connectivity index is 2.12. The van der Waals surface area contributed by atoms with Gasteiger partial charge in [0, 0.05) is 23.7 Å². The second-order valence-electron chi connectivity index (χ2n) is 4.21. The summed E-state index contributed by atoms with van der Waals surface area (Å²) < 4.78 is 0. The molecule has 2 aromatic rings. The topological polar surface area (TPSA) is 80.2 Å². The highest BCUT2D eigenvalue weighted by Crippen LogP contribution is 2.24. The van der Waals surface area contributed by atoms with E-state index in [1.54, 1.807) is 12.3 Å². The zero-order chi connectivity index (χ0) is 13.4. The minimum absolute atomic E-state index is 0.0233. The van der Waals surface area contributed by atoms with Gasteiger partial charge in [0.05, 0.1) is 6.20 Å².